The molecule has 0 aliphatic heterocycles. The van der Waals surface area contributed by atoms with Crippen LogP contribution in [0.5, 0.6) is 0 Å². The van der Waals surface area contributed by atoms with Gasteiger partial charge in [-0.1, -0.05) is 42.5 Å². The van der Waals surface area contributed by atoms with E-state index in [9.17, 15) is 13.2 Å². The molecule has 0 bridgehead atoms. The summed E-state index contributed by atoms with van der Waals surface area (Å²) in [4.78, 5) is 0. The molecule has 0 fully saturated rings. The third kappa shape index (κ3) is 4.76. The standard InChI is InChI=1S/C16H15ClF3N/c17-9-12-3-1-4-13(7-12)10-21-11-14-5-2-6-15(8-14)16(18,19)20/h1-8,21H,9-11H2. The van der Waals surface area contributed by atoms with Crippen LogP contribution in [0, 0.1) is 0 Å². The van der Waals surface area contributed by atoms with E-state index in [0.29, 0.717) is 24.5 Å². The van der Waals surface area contributed by atoms with E-state index in [1.165, 1.54) is 12.1 Å². The van der Waals surface area contributed by atoms with Crippen LogP contribution in [0.1, 0.15) is 22.3 Å². The van der Waals surface area contributed by atoms with E-state index in [1.54, 1.807) is 6.07 Å². The first-order chi connectivity index (χ1) is 9.99. The lowest BCUT2D eigenvalue weighted by Crippen LogP contribution is -2.14. The Morgan fingerprint density at radius 3 is 2.05 bits per heavy atom. The van der Waals surface area contributed by atoms with Gasteiger partial charge in [0.1, 0.15) is 0 Å². The Kier molecular flexibility index (Phi) is 5.26. The molecule has 0 atom stereocenters. The van der Waals surface area contributed by atoms with Crippen LogP contribution in [0.2, 0.25) is 0 Å². The zero-order valence-corrected chi connectivity index (χ0v) is 12.0. The van der Waals surface area contributed by atoms with Gasteiger partial charge < -0.3 is 5.32 Å². The molecular weight excluding hydrogens is 299 g/mol. The number of benzene rings is 2. The molecule has 112 valence electrons. The molecule has 1 nitrogen and oxygen atoms in total. The molecule has 0 aromatic heterocycles. The molecule has 2 rings (SSSR count). The largest absolute Gasteiger partial charge is 0.416 e. The predicted molar refractivity (Wildman–Crippen MR) is 78.0 cm³/mol. The molecule has 2 aromatic carbocycles. The van der Waals surface area contributed by atoms with Gasteiger partial charge in [0.25, 0.3) is 0 Å². The fraction of sp³-hybridized carbons (Fsp3) is 0.250. The fourth-order valence-corrected chi connectivity index (χ4v) is 2.20. The number of alkyl halides is 4. The highest BCUT2D eigenvalue weighted by molar-refractivity contribution is 6.17. The highest BCUT2D eigenvalue weighted by Gasteiger charge is 2.30. The number of hydrogen-bond acceptors (Lipinski definition) is 1. The SMILES string of the molecule is FC(F)(F)c1cccc(CNCc2cccc(CCl)c2)c1. The van der Waals surface area contributed by atoms with Gasteiger partial charge in [0.2, 0.25) is 0 Å². The van der Waals surface area contributed by atoms with Crippen molar-refractivity contribution in [2.24, 2.45) is 0 Å². The molecule has 0 unspecified atom stereocenters. The second-order valence-corrected chi connectivity index (χ2v) is 5.02. The Morgan fingerprint density at radius 2 is 1.43 bits per heavy atom. The van der Waals surface area contributed by atoms with E-state index in [2.05, 4.69) is 5.32 Å². The summed E-state index contributed by atoms with van der Waals surface area (Å²) in [6.45, 7) is 0.968. The third-order valence-corrected chi connectivity index (χ3v) is 3.37. The van der Waals surface area contributed by atoms with Gasteiger partial charge in [0.05, 0.1) is 5.56 Å². The van der Waals surface area contributed by atoms with E-state index in [1.807, 2.05) is 24.3 Å². The number of rotatable bonds is 5. The Morgan fingerprint density at radius 1 is 0.857 bits per heavy atom. The summed E-state index contributed by atoms with van der Waals surface area (Å²) in [5.74, 6) is 0.446. The van der Waals surface area contributed by atoms with Gasteiger partial charge in [0.15, 0.2) is 0 Å². The van der Waals surface area contributed by atoms with Gasteiger partial charge in [0, 0.05) is 19.0 Å². The predicted octanol–water partition coefficient (Wildman–Crippen LogP) is 4.73. The molecule has 5 heteroatoms. The van der Waals surface area contributed by atoms with Crippen LogP contribution in [0.4, 0.5) is 13.2 Å². The number of halogens is 4. The zero-order valence-electron chi connectivity index (χ0n) is 11.3. The minimum atomic E-state index is -4.30. The summed E-state index contributed by atoms with van der Waals surface area (Å²) >= 11 is 5.76. The van der Waals surface area contributed by atoms with E-state index < -0.39 is 11.7 Å². The van der Waals surface area contributed by atoms with E-state index in [0.717, 1.165) is 17.2 Å². The van der Waals surface area contributed by atoms with Gasteiger partial charge in [-0.25, -0.2) is 0 Å². The van der Waals surface area contributed by atoms with Crippen LogP contribution in [0.25, 0.3) is 0 Å². The van der Waals surface area contributed by atoms with Gasteiger partial charge >= 0.3 is 6.18 Å². The molecule has 0 aliphatic carbocycles. The van der Waals surface area contributed by atoms with Gasteiger partial charge in [-0.05, 0) is 22.8 Å². The van der Waals surface area contributed by atoms with Crippen molar-refractivity contribution in [3.8, 4) is 0 Å². The first kappa shape index (κ1) is 15.9. The Hall–Kier alpha value is -1.52. The molecule has 0 heterocycles. The lowest BCUT2D eigenvalue weighted by Gasteiger charge is -2.10. The topological polar surface area (TPSA) is 12.0 Å². The van der Waals surface area contributed by atoms with Crippen molar-refractivity contribution in [3.05, 3.63) is 70.8 Å². The van der Waals surface area contributed by atoms with Crippen molar-refractivity contribution in [2.75, 3.05) is 0 Å². The molecular formula is C16H15ClF3N. The van der Waals surface area contributed by atoms with Gasteiger partial charge in [-0.3, -0.25) is 0 Å². The number of nitrogens with one attached hydrogen (secondary N) is 1. The molecule has 21 heavy (non-hydrogen) atoms. The second kappa shape index (κ2) is 6.96. The molecule has 0 saturated heterocycles. The summed E-state index contributed by atoms with van der Waals surface area (Å²) in [5, 5.41) is 3.14. The van der Waals surface area contributed by atoms with Crippen LogP contribution in [0.3, 0.4) is 0 Å². The maximum absolute atomic E-state index is 12.6. The van der Waals surface area contributed by atoms with Crippen LogP contribution in [-0.2, 0) is 25.1 Å². The van der Waals surface area contributed by atoms with E-state index in [-0.39, 0.29) is 0 Å². The second-order valence-electron chi connectivity index (χ2n) is 4.76. The monoisotopic (exact) mass is 313 g/mol. The average Bonchev–Trinajstić information content (AvgIpc) is 2.47. The summed E-state index contributed by atoms with van der Waals surface area (Å²) in [7, 11) is 0. The quantitative estimate of drug-likeness (QED) is 0.787. The minimum Gasteiger partial charge on any atom is -0.309 e. The maximum Gasteiger partial charge on any atom is 0.416 e. The normalized spacial score (nSPS) is 11.6. The van der Waals surface area contributed by atoms with Crippen molar-refractivity contribution in [1.29, 1.82) is 0 Å². The molecule has 2 aromatic rings. The average molecular weight is 314 g/mol. The van der Waals surface area contributed by atoms with Crippen molar-refractivity contribution < 1.29 is 13.2 Å². The lowest BCUT2D eigenvalue weighted by atomic mass is 10.1. The van der Waals surface area contributed by atoms with Gasteiger partial charge in [-0.15, -0.1) is 11.6 Å². The molecule has 0 radical (unpaired) electrons. The molecule has 0 aliphatic rings. The van der Waals surface area contributed by atoms with Crippen LogP contribution < -0.4 is 5.32 Å². The van der Waals surface area contributed by atoms with Crippen molar-refractivity contribution in [3.63, 3.8) is 0 Å². The van der Waals surface area contributed by atoms with Crippen molar-refractivity contribution in [1.82, 2.24) is 5.32 Å². The fourth-order valence-electron chi connectivity index (χ4n) is 2.03. The van der Waals surface area contributed by atoms with Crippen LogP contribution in [-0.4, -0.2) is 0 Å². The molecule has 1 N–H and O–H groups in total. The van der Waals surface area contributed by atoms with Crippen LogP contribution in [0.15, 0.2) is 48.5 Å². The summed E-state index contributed by atoms with van der Waals surface area (Å²) in [5.41, 5.74) is 2.07. The first-order valence-electron chi connectivity index (χ1n) is 6.49. The Balaban J connectivity index is 1.94. The third-order valence-electron chi connectivity index (χ3n) is 3.06. The van der Waals surface area contributed by atoms with E-state index >= 15 is 0 Å². The molecule has 0 spiro atoms. The molecule has 0 amide bonds. The number of hydrogen-bond donors (Lipinski definition) is 1. The zero-order chi connectivity index (χ0) is 15.3. The van der Waals surface area contributed by atoms with Gasteiger partial charge in [-0.2, -0.15) is 13.2 Å². The van der Waals surface area contributed by atoms with E-state index in [4.69, 9.17) is 11.6 Å². The smallest absolute Gasteiger partial charge is 0.309 e. The lowest BCUT2D eigenvalue weighted by molar-refractivity contribution is -0.137. The highest BCUT2D eigenvalue weighted by Crippen LogP contribution is 2.29. The van der Waals surface area contributed by atoms with Crippen molar-refractivity contribution >= 4 is 11.6 Å². The Labute approximate surface area is 126 Å². The van der Waals surface area contributed by atoms with Crippen LogP contribution >= 0.6 is 11.6 Å². The molecule has 0 saturated carbocycles. The Bertz CT molecular complexity index is 596. The summed E-state index contributed by atoms with van der Waals surface area (Å²) < 4.78 is 37.8. The maximum atomic E-state index is 12.6. The summed E-state index contributed by atoms with van der Waals surface area (Å²) in [6, 6.07) is 13.1. The summed E-state index contributed by atoms with van der Waals surface area (Å²) in [6.07, 6.45) is -4.30. The van der Waals surface area contributed by atoms with Crippen molar-refractivity contribution in [2.45, 2.75) is 25.1 Å². The highest BCUT2D eigenvalue weighted by atomic mass is 35.5. The first-order valence-corrected chi connectivity index (χ1v) is 7.03. The minimum absolute atomic E-state index is 0.384.